The minimum Gasteiger partial charge on any atom is -0.462 e. The molecule has 1 heterocycles. The van der Waals surface area contributed by atoms with Gasteiger partial charge < -0.3 is 9.15 Å². The summed E-state index contributed by atoms with van der Waals surface area (Å²) in [6, 6.07) is 1.88. The molecule has 0 aliphatic heterocycles. The Hall–Kier alpha value is -1.91. The number of carbonyl (C=O) groups excluding carboxylic acids is 1. The van der Waals surface area contributed by atoms with Gasteiger partial charge in [0, 0.05) is 0 Å². The van der Waals surface area contributed by atoms with Crippen LogP contribution in [0.25, 0.3) is 11.0 Å². The third-order valence-electron chi connectivity index (χ3n) is 2.12. The van der Waals surface area contributed by atoms with Gasteiger partial charge in [-0.15, -0.1) is 0 Å². The second-order valence-corrected chi connectivity index (χ2v) is 3.10. The van der Waals surface area contributed by atoms with Crippen LogP contribution in [0.4, 0.5) is 8.78 Å². The highest BCUT2D eigenvalue weighted by molar-refractivity contribution is 6.03. The first-order chi connectivity index (χ1) is 7.65. The molecule has 3 nitrogen and oxygen atoms in total. The van der Waals surface area contributed by atoms with Crippen LogP contribution in [0.5, 0.6) is 0 Å². The van der Waals surface area contributed by atoms with E-state index in [1.807, 2.05) is 0 Å². The molecule has 0 saturated carbocycles. The molecule has 0 aliphatic rings. The predicted molar refractivity (Wildman–Crippen MR) is 52.1 cm³/mol. The topological polar surface area (TPSA) is 39.4 Å². The molecule has 0 fully saturated rings. The van der Waals surface area contributed by atoms with E-state index in [1.165, 1.54) is 0 Å². The third-order valence-corrected chi connectivity index (χ3v) is 2.12. The Labute approximate surface area is 89.6 Å². The summed E-state index contributed by atoms with van der Waals surface area (Å²) in [7, 11) is 0. The molecule has 0 saturated heterocycles. The lowest BCUT2D eigenvalue weighted by Crippen LogP contribution is -2.04. The molecule has 0 spiro atoms. The predicted octanol–water partition coefficient (Wildman–Crippen LogP) is 2.89. The second kappa shape index (κ2) is 3.92. The Morgan fingerprint density at radius 2 is 2.06 bits per heavy atom. The summed E-state index contributed by atoms with van der Waals surface area (Å²) in [6.45, 7) is 1.78. The van der Waals surface area contributed by atoms with Crippen molar-refractivity contribution in [3.63, 3.8) is 0 Å². The van der Waals surface area contributed by atoms with Gasteiger partial charge in [0.1, 0.15) is 17.6 Å². The van der Waals surface area contributed by atoms with Crippen molar-refractivity contribution in [3.05, 3.63) is 35.6 Å². The maximum atomic E-state index is 13.4. The van der Waals surface area contributed by atoms with E-state index in [1.54, 1.807) is 6.92 Å². The van der Waals surface area contributed by atoms with E-state index in [4.69, 9.17) is 9.15 Å². The highest BCUT2D eigenvalue weighted by atomic mass is 19.1. The van der Waals surface area contributed by atoms with Crippen LogP contribution in [-0.4, -0.2) is 12.6 Å². The lowest BCUT2D eigenvalue weighted by molar-refractivity contribution is 0.0527. The summed E-state index contributed by atoms with van der Waals surface area (Å²) in [5, 5.41) is -0.182. The third kappa shape index (κ3) is 1.54. The number of ether oxygens (including phenoxy) is 1. The number of rotatable bonds is 2. The largest absolute Gasteiger partial charge is 0.462 e. The number of benzene rings is 1. The van der Waals surface area contributed by atoms with Crippen LogP contribution < -0.4 is 0 Å². The average Bonchev–Trinajstić information content (AvgIpc) is 2.69. The molecule has 0 unspecified atom stereocenters. The Kier molecular flexibility index (Phi) is 2.60. The smallest absolute Gasteiger partial charge is 0.342 e. The Morgan fingerprint density at radius 1 is 1.38 bits per heavy atom. The summed E-state index contributed by atoms with van der Waals surface area (Å²) < 4.78 is 36.2. The molecule has 1 aromatic carbocycles. The number of esters is 1. The van der Waals surface area contributed by atoms with Gasteiger partial charge >= 0.3 is 5.97 Å². The van der Waals surface area contributed by atoms with Gasteiger partial charge in [0.25, 0.3) is 0 Å². The Balaban J connectivity index is 2.64. The molecular formula is C11H8F2O3. The molecule has 0 radical (unpaired) electrons. The number of carbonyl (C=O) groups is 1. The fourth-order valence-electron chi connectivity index (χ4n) is 1.44. The van der Waals surface area contributed by atoms with Crippen LogP contribution in [-0.2, 0) is 4.74 Å². The first-order valence-corrected chi connectivity index (χ1v) is 4.67. The SMILES string of the molecule is CCOC(=O)c1coc2c(F)ccc(F)c12. The summed E-state index contributed by atoms with van der Waals surface area (Å²) in [6.07, 6.45) is 0.995. The molecule has 5 heteroatoms. The minimum atomic E-state index is -0.731. The molecule has 16 heavy (non-hydrogen) atoms. The second-order valence-electron chi connectivity index (χ2n) is 3.10. The van der Waals surface area contributed by atoms with Crippen molar-refractivity contribution in [3.8, 4) is 0 Å². The number of halogens is 2. The quantitative estimate of drug-likeness (QED) is 0.739. The van der Waals surface area contributed by atoms with Crippen molar-refractivity contribution < 1.29 is 22.7 Å². The van der Waals surface area contributed by atoms with E-state index < -0.39 is 17.6 Å². The summed E-state index contributed by atoms with van der Waals surface area (Å²) in [5.74, 6) is -2.16. The first-order valence-electron chi connectivity index (χ1n) is 4.67. The van der Waals surface area contributed by atoms with E-state index in [0.29, 0.717) is 0 Å². The summed E-state index contributed by atoms with van der Waals surface area (Å²) in [5.41, 5.74) is -0.378. The molecule has 2 aromatic rings. The van der Waals surface area contributed by atoms with Crippen molar-refractivity contribution in [2.75, 3.05) is 6.61 Å². The number of hydrogen-bond donors (Lipinski definition) is 0. The van der Waals surface area contributed by atoms with E-state index in [9.17, 15) is 13.6 Å². The molecule has 2 rings (SSSR count). The summed E-state index contributed by atoms with van der Waals surface area (Å²) >= 11 is 0. The monoisotopic (exact) mass is 226 g/mol. The molecule has 1 aromatic heterocycles. The van der Waals surface area contributed by atoms with E-state index >= 15 is 0 Å². The van der Waals surface area contributed by atoms with Gasteiger partial charge in [0.05, 0.1) is 12.0 Å². The van der Waals surface area contributed by atoms with Gasteiger partial charge in [-0.25, -0.2) is 13.6 Å². The van der Waals surface area contributed by atoms with Crippen LogP contribution in [0.1, 0.15) is 17.3 Å². The van der Waals surface area contributed by atoms with Gasteiger partial charge in [-0.05, 0) is 19.1 Å². The number of fused-ring (bicyclic) bond motifs is 1. The molecule has 84 valence electrons. The highest BCUT2D eigenvalue weighted by Gasteiger charge is 2.20. The standard InChI is InChI=1S/C11H8F2O3/c1-2-15-11(14)6-5-16-10-8(13)4-3-7(12)9(6)10/h3-5H,2H2,1H3. The molecule has 0 atom stereocenters. The van der Waals surface area contributed by atoms with Crippen LogP contribution in [0, 0.1) is 11.6 Å². The fourth-order valence-corrected chi connectivity index (χ4v) is 1.44. The number of furan rings is 1. The summed E-state index contributed by atoms with van der Waals surface area (Å²) in [4.78, 5) is 11.4. The molecule has 0 N–H and O–H groups in total. The van der Waals surface area contributed by atoms with Gasteiger partial charge in [-0.1, -0.05) is 0 Å². The Morgan fingerprint density at radius 3 is 2.75 bits per heavy atom. The van der Waals surface area contributed by atoms with Crippen LogP contribution in [0.3, 0.4) is 0 Å². The van der Waals surface area contributed by atoms with Gasteiger partial charge in [-0.3, -0.25) is 0 Å². The van der Waals surface area contributed by atoms with E-state index in [2.05, 4.69) is 0 Å². The molecule has 0 bridgehead atoms. The lowest BCUT2D eigenvalue weighted by atomic mass is 10.1. The average molecular weight is 226 g/mol. The maximum absolute atomic E-state index is 13.4. The van der Waals surface area contributed by atoms with Crippen LogP contribution in [0.2, 0.25) is 0 Å². The Bertz CT molecular complexity index is 545. The zero-order valence-corrected chi connectivity index (χ0v) is 8.42. The number of hydrogen-bond acceptors (Lipinski definition) is 3. The zero-order chi connectivity index (χ0) is 11.7. The normalized spacial score (nSPS) is 10.7. The van der Waals surface area contributed by atoms with Crippen LogP contribution >= 0.6 is 0 Å². The molecule has 0 amide bonds. The van der Waals surface area contributed by atoms with Crippen molar-refractivity contribution in [1.29, 1.82) is 0 Å². The first kappa shape index (κ1) is 10.6. The lowest BCUT2D eigenvalue weighted by Gasteiger charge is -1.99. The van der Waals surface area contributed by atoms with Gasteiger partial charge in [0.2, 0.25) is 0 Å². The van der Waals surface area contributed by atoms with Crippen molar-refractivity contribution >= 4 is 16.9 Å². The van der Waals surface area contributed by atoms with Crippen molar-refractivity contribution in [2.24, 2.45) is 0 Å². The highest BCUT2D eigenvalue weighted by Crippen LogP contribution is 2.27. The zero-order valence-electron chi connectivity index (χ0n) is 8.42. The van der Waals surface area contributed by atoms with E-state index in [-0.39, 0.29) is 23.1 Å². The van der Waals surface area contributed by atoms with E-state index in [0.717, 1.165) is 18.4 Å². The maximum Gasteiger partial charge on any atom is 0.342 e. The molecular weight excluding hydrogens is 218 g/mol. The van der Waals surface area contributed by atoms with Crippen LogP contribution in [0.15, 0.2) is 22.8 Å². The van der Waals surface area contributed by atoms with Gasteiger partial charge in [-0.2, -0.15) is 0 Å². The molecule has 0 aliphatic carbocycles. The van der Waals surface area contributed by atoms with Crippen molar-refractivity contribution in [2.45, 2.75) is 6.92 Å². The fraction of sp³-hybridized carbons (Fsp3) is 0.182. The van der Waals surface area contributed by atoms with Gasteiger partial charge in [0.15, 0.2) is 11.4 Å². The minimum absolute atomic E-state index is 0.103. The van der Waals surface area contributed by atoms with Crippen molar-refractivity contribution in [1.82, 2.24) is 0 Å².